The number of halogens is 2. The van der Waals surface area contributed by atoms with Crippen molar-refractivity contribution in [3.8, 4) is 11.5 Å². The zero-order chi connectivity index (χ0) is 21.5. The van der Waals surface area contributed by atoms with E-state index in [0.717, 1.165) is 4.47 Å². The smallest absolute Gasteiger partial charge is 0.343 e. The second-order valence-corrected chi connectivity index (χ2v) is 7.33. The highest BCUT2D eigenvalue weighted by atomic mass is 79.9. The van der Waals surface area contributed by atoms with Gasteiger partial charge >= 0.3 is 5.97 Å². The molecule has 0 saturated heterocycles. The van der Waals surface area contributed by atoms with Gasteiger partial charge in [-0.15, -0.1) is 0 Å². The zero-order valence-corrected chi connectivity index (χ0v) is 18.1. The molecule has 0 fully saturated rings. The molecule has 0 heterocycles. The van der Waals surface area contributed by atoms with Gasteiger partial charge in [-0.25, -0.2) is 10.2 Å². The summed E-state index contributed by atoms with van der Waals surface area (Å²) in [6, 6.07) is 18.2. The molecule has 8 heteroatoms. The molecule has 6 nitrogen and oxygen atoms in total. The van der Waals surface area contributed by atoms with E-state index in [2.05, 4.69) is 26.5 Å². The lowest BCUT2D eigenvalue weighted by atomic mass is 10.2. The van der Waals surface area contributed by atoms with Crippen LogP contribution in [-0.2, 0) is 0 Å². The number of carbonyl (C=O) groups is 2. The average Bonchev–Trinajstić information content (AvgIpc) is 2.75. The standard InChI is InChI=1S/C22H16BrClN2O4/c1-29-20-5-3-2-4-18(20)21(27)26-25-13-15-12-16(23)8-11-19(15)30-22(28)14-6-9-17(24)10-7-14/h2-13H,1H3,(H,26,27)/b25-13+. The van der Waals surface area contributed by atoms with Crippen LogP contribution in [0.2, 0.25) is 5.02 Å². The molecule has 1 N–H and O–H groups in total. The third-order valence-corrected chi connectivity index (χ3v) is 4.72. The lowest BCUT2D eigenvalue weighted by Gasteiger charge is -2.09. The average molecular weight is 488 g/mol. The normalized spacial score (nSPS) is 10.6. The first-order valence-electron chi connectivity index (χ1n) is 8.71. The predicted molar refractivity (Wildman–Crippen MR) is 119 cm³/mol. The Hall–Kier alpha value is -3.16. The molecule has 0 spiro atoms. The quantitative estimate of drug-likeness (QED) is 0.227. The number of hydrogen-bond donors (Lipinski definition) is 1. The topological polar surface area (TPSA) is 77.0 Å². The first-order chi connectivity index (χ1) is 14.5. The van der Waals surface area contributed by atoms with Gasteiger partial charge in [0.25, 0.3) is 5.91 Å². The van der Waals surface area contributed by atoms with Crippen molar-refractivity contribution in [2.45, 2.75) is 0 Å². The fourth-order valence-corrected chi connectivity index (χ4v) is 3.02. The fourth-order valence-electron chi connectivity index (χ4n) is 2.51. The van der Waals surface area contributed by atoms with Crippen molar-refractivity contribution in [3.63, 3.8) is 0 Å². The summed E-state index contributed by atoms with van der Waals surface area (Å²) in [5.74, 6) is -0.251. The van der Waals surface area contributed by atoms with Crippen LogP contribution in [0.3, 0.4) is 0 Å². The van der Waals surface area contributed by atoms with Crippen molar-refractivity contribution in [2.75, 3.05) is 7.11 Å². The maximum absolute atomic E-state index is 12.4. The van der Waals surface area contributed by atoms with Gasteiger partial charge in [0, 0.05) is 15.1 Å². The van der Waals surface area contributed by atoms with Crippen molar-refractivity contribution in [1.29, 1.82) is 0 Å². The van der Waals surface area contributed by atoms with Crippen molar-refractivity contribution >= 4 is 45.6 Å². The Morgan fingerprint density at radius 2 is 1.77 bits per heavy atom. The molecule has 30 heavy (non-hydrogen) atoms. The monoisotopic (exact) mass is 486 g/mol. The van der Waals surface area contributed by atoms with E-state index in [1.807, 2.05) is 0 Å². The van der Waals surface area contributed by atoms with Crippen LogP contribution in [0.5, 0.6) is 11.5 Å². The maximum atomic E-state index is 12.4. The van der Waals surface area contributed by atoms with Crippen LogP contribution < -0.4 is 14.9 Å². The Labute approximate surface area is 186 Å². The third kappa shape index (κ3) is 5.46. The Balaban J connectivity index is 1.75. The highest BCUT2D eigenvalue weighted by molar-refractivity contribution is 9.10. The number of ether oxygens (including phenoxy) is 2. The summed E-state index contributed by atoms with van der Waals surface area (Å²) in [4.78, 5) is 24.7. The number of benzene rings is 3. The summed E-state index contributed by atoms with van der Waals surface area (Å²) >= 11 is 9.22. The molecule has 0 aliphatic rings. The van der Waals surface area contributed by atoms with E-state index in [0.29, 0.717) is 27.5 Å². The van der Waals surface area contributed by atoms with Crippen molar-refractivity contribution in [3.05, 3.63) is 92.9 Å². The van der Waals surface area contributed by atoms with Gasteiger partial charge in [0.15, 0.2) is 0 Å². The summed E-state index contributed by atoms with van der Waals surface area (Å²) in [6.45, 7) is 0. The summed E-state index contributed by atoms with van der Waals surface area (Å²) < 4.78 is 11.4. The van der Waals surface area contributed by atoms with Gasteiger partial charge in [0.1, 0.15) is 11.5 Å². The SMILES string of the molecule is COc1ccccc1C(=O)N/N=C/c1cc(Br)ccc1OC(=O)c1ccc(Cl)cc1. The van der Waals surface area contributed by atoms with Gasteiger partial charge in [-0.1, -0.05) is 39.7 Å². The number of rotatable bonds is 6. The summed E-state index contributed by atoms with van der Waals surface area (Å²) in [5, 5.41) is 4.50. The largest absolute Gasteiger partial charge is 0.496 e. The maximum Gasteiger partial charge on any atom is 0.343 e. The molecule has 0 aromatic heterocycles. The van der Waals surface area contributed by atoms with Gasteiger partial charge in [-0.3, -0.25) is 4.79 Å². The van der Waals surface area contributed by atoms with Crippen LogP contribution in [0.4, 0.5) is 0 Å². The van der Waals surface area contributed by atoms with E-state index in [-0.39, 0.29) is 5.75 Å². The van der Waals surface area contributed by atoms with E-state index in [1.54, 1.807) is 66.7 Å². The number of amides is 1. The Kier molecular flexibility index (Phi) is 7.21. The minimum Gasteiger partial charge on any atom is -0.496 e. The molecule has 0 saturated carbocycles. The van der Waals surface area contributed by atoms with E-state index in [9.17, 15) is 9.59 Å². The predicted octanol–water partition coefficient (Wildman–Crippen LogP) is 5.09. The molecule has 0 radical (unpaired) electrons. The first kappa shape index (κ1) is 21.5. The van der Waals surface area contributed by atoms with Gasteiger partial charge in [0.05, 0.1) is 24.5 Å². The summed E-state index contributed by atoms with van der Waals surface area (Å²) in [6.07, 6.45) is 1.39. The molecule has 0 aliphatic heterocycles. The minimum absolute atomic E-state index is 0.286. The molecule has 3 rings (SSSR count). The van der Waals surface area contributed by atoms with Crippen LogP contribution in [0, 0.1) is 0 Å². The lowest BCUT2D eigenvalue weighted by molar-refractivity contribution is 0.0734. The van der Waals surface area contributed by atoms with Crippen molar-refractivity contribution < 1.29 is 19.1 Å². The number of nitrogens with zero attached hydrogens (tertiary/aromatic N) is 1. The number of carbonyl (C=O) groups excluding carboxylic acids is 2. The number of para-hydroxylation sites is 1. The van der Waals surface area contributed by atoms with Crippen LogP contribution in [-0.4, -0.2) is 25.2 Å². The molecule has 3 aromatic carbocycles. The van der Waals surface area contributed by atoms with E-state index in [4.69, 9.17) is 21.1 Å². The third-order valence-electron chi connectivity index (χ3n) is 3.98. The Morgan fingerprint density at radius 3 is 2.50 bits per heavy atom. The van der Waals surface area contributed by atoms with Crippen LogP contribution >= 0.6 is 27.5 Å². The van der Waals surface area contributed by atoms with Gasteiger partial charge < -0.3 is 9.47 Å². The Bertz CT molecular complexity index is 1100. The van der Waals surface area contributed by atoms with E-state index >= 15 is 0 Å². The summed E-state index contributed by atoms with van der Waals surface area (Å²) in [7, 11) is 1.48. The van der Waals surface area contributed by atoms with Crippen LogP contribution in [0.1, 0.15) is 26.3 Å². The number of hydrazone groups is 1. The zero-order valence-electron chi connectivity index (χ0n) is 15.8. The van der Waals surface area contributed by atoms with E-state index in [1.165, 1.54) is 13.3 Å². The molecule has 0 unspecified atom stereocenters. The second kappa shape index (κ2) is 10.0. The van der Waals surface area contributed by atoms with E-state index < -0.39 is 11.9 Å². The van der Waals surface area contributed by atoms with Crippen LogP contribution in [0.25, 0.3) is 0 Å². The van der Waals surface area contributed by atoms with Crippen molar-refractivity contribution in [1.82, 2.24) is 5.43 Å². The van der Waals surface area contributed by atoms with Gasteiger partial charge in [-0.05, 0) is 54.6 Å². The molecule has 0 atom stereocenters. The fraction of sp³-hybridized carbons (Fsp3) is 0.0455. The number of nitrogens with one attached hydrogen (secondary N) is 1. The Morgan fingerprint density at radius 1 is 1.03 bits per heavy atom. The summed E-state index contributed by atoms with van der Waals surface area (Å²) in [5.41, 5.74) is 3.64. The molecule has 152 valence electrons. The number of methoxy groups -OCH3 is 1. The lowest BCUT2D eigenvalue weighted by Crippen LogP contribution is -2.18. The van der Waals surface area contributed by atoms with Gasteiger partial charge in [0.2, 0.25) is 0 Å². The first-order valence-corrected chi connectivity index (χ1v) is 9.89. The highest BCUT2D eigenvalue weighted by Gasteiger charge is 2.13. The number of esters is 1. The molecular formula is C22H16BrClN2O4. The number of hydrogen-bond acceptors (Lipinski definition) is 5. The molecule has 0 aliphatic carbocycles. The van der Waals surface area contributed by atoms with Crippen molar-refractivity contribution in [2.24, 2.45) is 5.10 Å². The minimum atomic E-state index is -0.540. The molecular weight excluding hydrogens is 472 g/mol. The van der Waals surface area contributed by atoms with Gasteiger partial charge in [-0.2, -0.15) is 5.10 Å². The molecule has 1 amide bonds. The molecule has 3 aromatic rings. The second-order valence-electron chi connectivity index (χ2n) is 5.98. The van der Waals surface area contributed by atoms with Crippen LogP contribution in [0.15, 0.2) is 76.3 Å². The molecule has 0 bridgehead atoms. The highest BCUT2D eigenvalue weighted by Crippen LogP contribution is 2.23.